The lowest BCUT2D eigenvalue weighted by Crippen LogP contribution is -2.52. The summed E-state index contributed by atoms with van der Waals surface area (Å²) in [6.45, 7) is 7.86. The van der Waals surface area contributed by atoms with Gasteiger partial charge in [-0.2, -0.15) is 0 Å². The first-order valence-electron chi connectivity index (χ1n) is 5.94. The van der Waals surface area contributed by atoms with Crippen LogP contribution in [0.15, 0.2) is 0 Å². The molecule has 2 heteroatoms. The molecule has 0 bridgehead atoms. The van der Waals surface area contributed by atoms with Crippen LogP contribution in [0.2, 0.25) is 0 Å². The van der Waals surface area contributed by atoms with Crippen LogP contribution in [-0.4, -0.2) is 23.8 Å². The second-order valence-corrected chi connectivity index (χ2v) is 5.33. The average Bonchev–Trinajstić information content (AvgIpc) is 2.67. The Kier molecular flexibility index (Phi) is 4.39. The van der Waals surface area contributed by atoms with Crippen LogP contribution in [0.4, 0.5) is 0 Å². The monoisotopic (exact) mass is 199 g/mol. The third-order valence-corrected chi connectivity index (χ3v) is 3.50. The second kappa shape index (κ2) is 5.13. The van der Waals surface area contributed by atoms with E-state index in [1.807, 2.05) is 0 Å². The molecule has 1 rings (SSSR count). The van der Waals surface area contributed by atoms with Crippen molar-refractivity contribution in [2.75, 3.05) is 13.2 Å². The van der Waals surface area contributed by atoms with Gasteiger partial charge in [-0.1, -0.05) is 26.7 Å². The molecule has 1 saturated carbocycles. The molecule has 2 nitrogen and oxygen atoms in total. The minimum absolute atomic E-state index is 0.0409. The standard InChI is InChI=1S/C12H25NO/c1-10(2)8-13-12(3,9-14)11-6-4-5-7-11/h10-11,13-14H,4-9H2,1-3H3. The molecule has 1 aliphatic rings. The van der Waals surface area contributed by atoms with Gasteiger partial charge in [-0.05, 0) is 38.1 Å². The van der Waals surface area contributed by atoms with E-state index in [1.165, 1.54) is 25.7 Å². The summed E-state index contributed by atoms with van der Waals surface area (Å²) in [7, 11) is 0. The molecular weight excluding hydrogens is 174 g/mol. The largest absolute Gasteiger partial charge is 0.394 e. The van der Waals surface area contributed by atoms with Gasteiger partial charge in [-0.3, -0.25) is 0 Å². The Morgan fingerprint density at radius 1 is 1.36 bits per heavy atom. The van der Waals surface area contributed by atoms with Gasteiger partial charge in [0.25, 0.3) is 0 Å². The maximum atomic E-state index is 9.50. The number of aliphatic hydroxyl groups is 1. The molecule has 0 amide bonds. The molecule has 2 N–H and O–H groups in total. The van der Waals surface area contributed by atoms with Gasteiger partial charge in [-0.15, -0.1) is 0 Å². The van der Waals surface area contributed by atoms with Crippen LogP contribution >= 0.6 is 0 Å². The molecule has 0 heterocycles. The number of nitrogens with one attached hydrogen (secondary N) is 1. The van der Waals surface area contributed by atoms with Crippen LogP contribution in [0, 0.1) is 11.8 Å². The highest BCUT2D eigenvalue weighted by Crippen LogP contribution is 2.33. The highest BCUT2D eigenvalue weighted by molar-refractivity contribution is 4.92. The van der Waals surface area contributed by atoms with Crippen LogP contribution in [0.3, 0.4) is 0 Å². The minimum Gasteiger partial charge on any atom is -0.394 e. The first-order valence-corrected chi connectivity index (χ1v) is 5.94. The van der Waals surface area contributed by atoms with Gasteiger partial charge >= 0.3 is 0 Å². The van der Waals surface area contributed by atoms with Crippen LogP contribution in [-0.2, 0) is 0 Å². The smallest absolute Gasteiger partial charge is 0.0613 e. The van der Waals surface area contributed by atoms with Crippen molar-refractivity contribution in [3.05, 3.63) is 0 Å². The molecule has 0 aromatic heterocycles. The van der Waals surface area contributed by atoms with Crippen LogP contribution < -0.4 is 5.32 Å². The molecule has 0 spiro atoms. The molecule has 14 heavy (non-hydrogen) atoms. The molecule has 0 aromatic rings. The topological polar surface area (TPSA) is 32.3 Å². The molecule has 84 valence electrons. The summed E-state index contributed by atoms with van der Waals surface area (Å²) in [4.78, 5) is 0. The second-order valence-electron chi connectivity index (χ2n) is 5.33. The van der Waals surface area contributed by atoms with Crippen molar-refractivity contribution in [1.29, 1.82) is 0 Å². The van der Waals surface area contributed by atoms with E-state index in [0.29, 0.717) is 11.8 Å². The van der Waals surface area contributed by atoms with E-state index in [1.54, 1.807) is 0 Å². The van der Waals surface area contributed by atoms with Gasteiger partial charge in [0.2, 0.25) is 0 Å². The Balaban J connectivity index is 2.46. The quantitative estimate of drug-likeness (QED) is 0.711. The molecule has 0 radical (unpaired) electrons. The van der Waals surface area contributed by atoms with Crippen molar-refractivity contribution < 1.29 is 5.11 Å². The average molecular weight is 199 g/mol. The summed E-state index contributed by atoms with van der Waals surface area (Å²) >= 11 is 0. The van der Waals surface area contributed by atoms with E-state index in [9.17, 15) is 5.11 Å². The summed E-state index contributed by atoms with van der Waals surface area (Å²) in [6.07, 6.45) is 5.23. The van der Waals surface area contributed by atoms with Crippen molar-refractivity contribution in [3.8, 4) is 0 Å². The van der Waals surface area contributed by atoms with E-state index >= 15 is 0 Å². The summed E-state index contributed by atoms with van der Waals surface area (Å²) in [5, 5.41) is 13.0. The van der Waals surface area contributed by atoms with Crippen molar-refractivity contribution in [2.45, 2.75) is 52.0 Å². The predicted molar refractivity (Wildman–Crippen MR) is 60.3 cm³/mol. The molecule has 1 aliphatic carbocycles. The summed E-state index contributed by atoms with van der Waals surface area (Å²) in [6, 6.07) is 0. The molecule has 1 unspecified atom stereocenters. The Morgan fingerprint density at radius 2 is 1.93 bits per heavy atom. The summed E-state index contributed by atoms with van der Waals surface area (Å²) < 4.78 is 0. The number of hydrogen-bond donors (Lipinski definition) is 2. The fourth-order valence-electron chi connectivity index (χ4n) is 2.33. The van der Waals surface area contributed by atoms with E-state index in [4.69, 9.17) is 0 Å². The van der Waals surface area contributed by atoms with Gasteiger partial charge in [0.1, 0.15) is 0 Å². The summed E-state index contributed by atoms with van der Waals surface area (Å²) in [5.74, 6) is 1.33. The van der Waals surface area contributed by atoms with E-state index < -0.39 is 0 Å². The van der Waals surface area contributed by atoms with Gasteiger partial charge in [-0.25, -0.2) is 0 Å². The third kappa shape index (κ3) is 2.96. The van der Waals surface area contributed by atoms with Gasteiger partial charge < -0.3 is 10.4 Å². The predicted octanol–water partition coefficient (Wildman–Crippen LogP) is 2.17. The molecule has 1 atom stereocenters. The minimum atomic E-state index is -0.0409. The van der Waals surface area contributed by atoms with E-state index in [0.717, 1.165) is 6.54 Å². The Morgan fingerprint density at radius 3 is 2.36 bits per heavy atom. The molecule has 0 aliphatic heterocycles. The Bertz CT molecular complexity index is 164. The number of rotatable bonds is 5. The molecule has 0 saturated heterocycles. The highest BCUT2D eigenvalue weighted by atomic mass is 16.3. The van der Waals surface area contributed by atoms with Crippen molar-refractivity contribution in [1.82, 2.24) is 5.32 Å². The fraction of sp³-hybridized carbons (Fsp3) is 1.00. The molecule has 0 aromatic carbocycles. The van der Waals surface area contributed by atoms with Crippen molar-refractivity contribution in [3.63, 3.8) is 0 Å². The lowest BCUT2D eigenvalue weighted by Gasteiger charge is -2.35. The number of hydrogen-bond acceptors (Lipinski definition) is 2. The van der Waals surface area contributed by atoms with Crippen LogP contribution in [0.1, 0.15) is 46.5 Å². The maximum Gasteiger partial charge on any atom is 0.0613 e. The first kappa shape index (κ1) is 12.0. The third-order valence-electron chi connectivity index (χ3n) is 3.50. The Hall–Kier alpha value is -0.0800. The lowest BCUT2D eigenvalue weighted by molar-refractivity contribution is 0.117. The fourth-order valence-corrected chi connectivity index (χ4v) is 2.33. The van der Waals surface area contributed by atoms with Crippen LogP contribution in [0.5, 0.6) is 0 Å². The lowest BCUT2D eigenvalue weighted by atomic mass is 9.84. The Labute approximate surface area is 88.1 Å². The SMILES string of the molecule is CC(C)CNC(C)(CO)C1CCCC1. The zero-order chi connectivity index (χ0) is 10.6. The highest BCUT2D eigenvalue weighted by Gasteiger charge is 2.34. The van der Waals surface area contributed by atoms with Gasteiger partial charge in [0.15, 0.2) is 0 Å². The maximum absolute atomic E-state index is 9.50. The van der Waals surface area contributed by atoms with E-state index in [-0.39, 0.29) is 12.1 Å². The normalized spacial score (nSPS) is 22.9. The molecule has 1 fully saturated rings. The number of aliphatic hydroxyl groups excluding tert-OH is 1. The van der Waals surface area contributed by atoms with Crippen molar-refractivity contribution >= 4 is 0 Å². The molecular formula is C12H25NO. The van der Waals surface area contributed by atoms with E-state index in [2.05, 4.69) is 26.1 Å². The zero-order valence-electron chi connectivity index (χ0n) is 9.84. The van der Waals surface area contributed by atoms with Crippen molar-refractivity contribution in [2.24, 2.45) is 11.8 Å². The first-order chi connectivity index (χ1) is 6.58. The van der Waals surface area contributed by atoms with Crippen LogP contribution in [0.25, 0.3) is 0 Å². The van der Waals surface area contributed by atoms with Gasteiger partial charge in [0, 0.05) is 5.54 Å². The zero-order valence-corrected chi connectivity index (χ0v) is 9.84. The summed E-state index contributed by atoms with van der Waals surface area (Å²) in [5.41, 5.74) is -0.0409. The van der Waals surface area contributed by atoms with Gasteiger partial charge in [0.05, 0.1) is 6.61 Å².